The van der Waals surface area contributed by atoms with E-state index in [2.05, 4.69) is 5.32 Å². The summed E-state index contributed by atoms with van der Waals surface area (Å²) in [6.45, 7) is 0. The zero-order chi connectivity index (χ0) is 14.6. The number of anilines is 1. The Bertz CT molecular complexity index is 548. The first-order valence-corrected chi connectivity index (χ1v) is 6.57. The van der Waals surface area contributed by atoms with E-state index < -0.39 is 5.97 Å². The summed E-state index contributed by atoms with van der Waals surface area (Å²) < 4.78 is 0. The van der Waals surface area contributed by atoms with Crippen molar-refractivity contribution >= 4 is 23.6 Å². The second kappa shape index (κ2) is 5.88. The zero-order valence-corrected chi connectivity index (χ0v) is 11.1. The van der Waals surface area contributed by atoms with Gasteiger partial charge in [0.1, 0.15) is 0 Å². The fourth-order valence-electron chi connectivity index (χ4n) is 2.22. The number of amides is 1. The van der Waals surface area contributed by atoms with Gasteiger partial charge in [-0.25, -0.2) is 4.79 Å². The second-order valence-corrected chi connectivity index (χ2v) is 5.24. The summed E-state index contributed by atoms with van der Waals surface area (Å²) in [5, 5.41) is 11.4. The van der Waals surface area contributed by atoms with Crippen LogP contribution in [0, 0.1) is 0 Å². The van der Waals surface area contributed by atoms with Gasteiger partial charge in [-0.05, 0) is 43.0 Å². The molecule has 20 heavy (non-hydrogen) atoms. The summed E-state index contributed by atoms with van der Waals surface area (Å²) in [4.78, 5) is 22.4. The molecule has 1 aromatic carbocycles. The Morgan fingerprint density at radius 2 is 2.15 bits per heavy atom. The third-order valence-corrected chi connectivity index (χ3v) is 3.45. The molecule has 0 saturated heterocycles. The van der Waals surface area contributed by atoms with E-state index in [0.29, 0.717) is 12.1 Å². The van der Waals surface area contributed by atoms with Crippen LogP contribution in [0.2, 0.25) is 0 Å². The predicted molar refractivity (Wildman–Crippen MR) is 77.1 cm³/mol. The highest BCUT2D eigenvalue weighted by molar-refractivity contribution is 5.92. The molecule has 1 aromatic rings. The molecule has 1 aliphatic rings. The van der Waals surface area contributed by atoms with E-state index in [9.17, 15) is 9.59 Å². The molecule has 1 saturated carbocycles. The normalized spacial score (nSPS) is 16.6. The number of carboxylic acid groups (broad SMARTS) is 1. The minimum Gasteiger partial charge on any atom is -0.478 e. The van der Waals surface area contributed by atoms with Crippen molar-refractivity contribution in [3.8, 4) is 0 Å². The van der Waals surface area contributed by atoms with Crippen molar-refractivity contribution in [1.82, 2.24) is 0 Å². The van der Waals surface area contributed by atoms with Gasteiger partial charge in [-0.1, -0.05) is 12.1 Å². The fourth-order valence-corrected chi connectivity index (χ4v) is 2.22. The lowest BCUT2D eigenvalue weighted by atomic mass is 9.75. The quantitative estimate of drug-likeness (QED) is 0.716. The number of aliphatic carboxylic acids is 1. The van der Waals surface area contributed by atoms with Crippen LogP contribution < -0.4 is 11.1 Å². The third-order valence-electron chi connectivity index (χ3n) is 3.45. The number of carbonyl (C=O) groups excluding carboxylic acids is 1. The van der Waals surface area contributed by atoms with Crippen molar-refractivity contribution < 1.29 is 14.7 Å². The minimum absolute atomic E-state index is 0.105. The number of hydrogen-bond donors (Lipinski definition) is 3. The van der Waals surface area contributed by atoms with Gasteiger partial charge in [0.2, 0.25) is 5.91 Å². The summed E-state index contributed by atoms with van der Waals surface area (Å²) >= 11 is 0. The Morgan fingerprint density at radius 3 is 2.75 bits per heavy atom. The number of benzene rings is 1. The smallest absolute Gasteiger partial charge is 0.328 e. The summed E-state index contributed by atoms with van der Waals surface area (Å²) in [7, 11) is 0. The van der Waals surface area contributed by atoms with Gasteiger partial charge < -0.3 is 16.2 Å². The Balaban J connectivity index is 1.97. The maximum absolute atomic E-state index is 11.9. The number of carboxylic acids is 1. The van der Waals surface area contributed by atoms with E-state index in [1.807, 2.05) is 0 Å². The van der Waals surface area contributed by atoms with Crippen LogP contribution in [0.5, 0.6) is 0 Å². The second-order valence-electron chi connectivity index (χ2n) is 5.24. The molecule has 0 radical (unpaired) electrons. The number of rotatable bonds is 5. The SMILES string of the molecule is NC1(CC(=O)Nc2cccc(/C=C/C(=O)O)c2)CCC1. The van der Waals surface area contributed by atoms with Crippen LogP contribution in [0.25, 0.3) is 6.08 Å². The van der Waals surface area contributed by atoms with E-state index >= 15 is 0 Å². The summed E-state index contributed by atoms with van der Waals surface area (Å²) in [5.74, 6) is -1.11. The highest BCUT2D eigenvalue weighted by Gasteiger charge is 2.34. The van der Waals surface area contributed by atoms with Crippen LogP contribution in [-0.2, 0) is 9.59 Å². The Labute approximate surface area is 117 Å². The first kappa shape index (κ1) is 14.3. The van der Waals surface area contributed by atoms with Crippen LogP contribution in [0.3, 0.4) is 0 Å². The van der Waals surface area contributed by atoms with Crippen LogP contribution in [0.4, 0.5) is 5.69 Å². The van der Waals surface area contributed by atoms with Crippen molar-refractivity contribution in [3.05, 3.63) is 35.9 Å². The molecule has 5 heteroatoms. The van der Waals surface area contributed by atoms with E-state index in [1.54, 1.807) is 24.3 Å². The van der Waals surface area contributed by atoms with Gasteiger partial charge in [0.15, 0.2) is 0 Å². The monoisotopic (exact) mass is 274 g/mol. The lowest BCUT2D eigenvalue weighted by Gasteiger charge is -2.37. The van der Waals surface area contributed by atoms with Gasteiger partial charge in [0.25, 0.3) is 0 Å². The summed E-state index contributed by atoms with van der Waals surface area (Å²) in [6.07, 6.45) is 5.73. The summed E-state index contributed by atoms with van der Waals surface area (Å²) in [6, 6.07) is 7.02. The maximum atomic E-state index is 11.9. The van der Waals surface area contributed by atoms with Crippen LogP contribution in [0.15, 0.2) is 30.3 Å². The lowest BCUT2D eigenvalue weighted by molar-refractivity contribution is -0.131. The van der Waals surface area contributed by atoms with Gasteiger partial charge in [-0.3, -0.25) is 4.79 Å². The molecule has 0 aromatic heterocycles. The summed E-state index contributed by atoms with van der Waals surface area (Å²) in [5.41, 5.74) is 7.05. The standard InChI is InChI=1S/C15H18N2O3/c16-15(7-2-8-15)10-13(18)17-12-4-1-3-11(9-12)5-6-14(19)20/h1,3-6,9H,2,7-8,10,16H2,(H,17,18)(H,19,20)/b6-5+. The highest BCUT2D eigenvalue weighted by atomic mass is 16.4. The van der Waals surface area contributed by atoms with Crippen molar-refractivity contribution in [2.75, 3.05) is 5.32 Å². The van der Waals surface area contributed by atoms with Gasteiger partial charge in [-0.2, -0.15) is 0 Å². The molecular weight excluding hydrogens is 256 g/mol. The first-order valence-electron chi connectivity index (χ1n) is 6.57. The molecule has 106 valence electrons. The molecule has 0 spiro atoms. The molecule has 0 unspecified atom stereocenters. The van der Waals surface area contributed by atoms with Gasteiger partial charge in [0, 0.05) is 23.7 Å². The molecule has 4 N–H and O–H groups in total. The molecule has 2 rings (SSSR count). The molecule has 0 aliphatic heterocycles. The van der Waals surface area contributed by atoms with Crippen LogP contribution in [-0.4, -0.2) is 22.5 Å². The number of carbonyl (C=O) groups is 2. The van der Waals surface area contributed by atoms with E-state index in [0.717, 1.165) is 30.9 Å². The molecular formula is C15H18N2O3. The molecule has 0 atom stereocenters. The lowest BCUT2D eigenvalue weighted by Crippen LogP contribution is -2.48. The van der Waals surface area contributed by atoms with E-state index in [4.69, 9.17) is 10.8 Å². The first-order chi connectivity index (χ1) is 9.47. The van der Waals surface area contributed by atoms with E-state index in [1.165, 1.54) is 6.08 Å². The maximum Gasteiger partial charge on any atom is 0.328 e. The number of hydrogen-bond acceptors (Lipinski definition) is 3. The average molecular weight is 274 g/mol. The molecule has 0 bridgehead atoms. The largest absolute Gasteiger partial charge is 0.478 e. The minimum atomic E-state index is -1.01. The molecule has 1 amide bonds. The highest BCUT2D eigenvalue weighted by Crippen LogP contribution is 2.32. The van der Waals surface area contributed by atoms with Gasteiger partial charge in [-0.15, -0.1) is 0 Å². The zero-order valence-electron chi connectivity index (χ0n) is 11.1. The van der Waals surface area contributed by atoms with Gasteiger partial charge in [0.05, 0.1) is 0 Å². The van der Waals surface area contributed by atoms with Crippen LogP contribution >= 0.6 is 0 Å². The van der Waals surface area contributed by atoms with Crippen molar-refractivity contribution in [2.45, 2.75) is 31.2 Å². The third kappa shape index (κ3) is 3.93. The van der Waals surface area contributed by atoms with Crippen molar-refractivity contribution in [1.29, 1.82) is 0 Å². The van der Waals surface area contributed by atoms with Crippen molar-refractivity contribution in [2.24, 2.45) is 5.73 Å². The van der Waals surface area contributed by atoms with Gasteiger partial charge >= 0.3 is 5.97 Å². The molecule has 0 heterocycles. The molecule has 1 aliphatic carbocycles. The predicted octanol–water partition coefficient (Wildman–Crippen LogP) is 1.99. The Hall–Kier alpha value is -2.14. The average Bonchev–Trinajstić information content (AvgIpc) is 2.35. The number of nitrogens with one attached hydrogen (secondary N) is 1. The topological polar surface area (TPSA) is 92.4 Å². The fraction of sp³-hybridized carbons (Fsp3) is 0.333. The number of nitrogens with two attached hydrogens (primary N) is 1. The molecule has 1 fully saturated rings. The van der Waals surface area contributed by atoms with E-state index in [-0.39, 0.29) is 11.4 Å². The van der Waals surface area contributed by atoms with Crippen LogP contribution in [0.1, 0.15) is 31.2 Å². The Morgan fingerprint density at radius 1 is 1.40 bits per heavy atom. The van der Waals surface area contributed by atoms with Crippen molar-refractivity contribution in [3.63, 3.8) is 0 Å². The Kier molecular flexibility index (Phi) is 4.20. The molecule has 5 nitrogen and oxygen atoms in total.